The van der Waals surface area contributed by atoms with Gasteiger partial charge in [-0.2, -0.15) is 0 Å². The van der Waals surface area contributed by atoms with Crippen LogP contribution in [0.4, 0.5) is 5.69 Å². The highest BCUT2D eigenvalue weighted by molar-refractivity contribution is 6.31. The van der Waals surface area contributed by atoms with E-state index in [1.807, 2.05) is 56.3 Å². The van der Waals surface area contributed by atoms with Gasteiger partial charge in [0.2, 0.25) is 0 Å². The molecule has 1 aromatic heterocycles. The van der Waals surface area contributed by atoms with Crippen molar-refractivity contribution in [2.75, 3.05) is 5.32 Å². The van der Waals surface area contributed by atoms with Crippen molar-refractivity contribution in [2.45, 2.75) is 20.8 Å². The third kappa shape index (κ3) is 3.03. The zero-order valence-corrected chi connectivity index (χ0v) is 14.4. The molecule has 0 fully saturated rings. The molecular weight excluding hydrogens is 324 g/mol. The Bertz CT molecular complexity index is 917. The third-order valence-electron chi connectivity index (χ3n) is 3.90. The second kappa shape index (κ2) is 6.45. The van der Waals surface area contributed by atoms with Gasteiger partial charge in [-0.25, -0.2) is 4.68 Å². The van der Waals surface area contributed by atoms with Crippen molar-refractivity contribution in [1.29, 1.82) is 0 Å². The molecule has 122 valence electrons. The van der Waals surface area contributed by atoms with E-state index in [2.05, 4.69) is 15.6 Å². The maximum absolute atomic E-state index is 12.5. The summed E-state index contributed by atoms with van der Waals surface area (Å²) in [6.45, 7) is 5.68. The fourth-order valence-electron chi connectivity index (χ4n) is 2.39. The van der Waals surface area contributed by atoms with Gasteiger partial charge in [-0.1, -0.05) is 41.1 Å². The van der Waals surface area contributed by atoms with Crippen LogP contribution in [0.2, 0.25) is 5.02 Å². The van der Waals surface area contributed by atoms with E-state index >= 15 is 0 Å². The van der Waals surface area contributed by atoms with E-state index < -0.39 is 0 Å². The van der Waals surface area contributed by atoms with Gasteiger partial charge in [0.05, 0.1) is 11.4 Å². The van der Waals surface area contributed by atoms with E-state index in [4.69, 9.17) is 11.6 Å². The predicted octanol–water partition coefficient (Wildman–Crippen LogP) is 4.10. The molecule has 0 aliphatic rings. The summed E-state index contributed by atoms with van der Waals surface area (Å²) in [6.07, 6.45) is 0. The standard InChI is InChI=1S/C18H17ClN4O/c1-11-8-9-14(10-15(11)19)23-13(3)17(21-22-23)18(24)20-16-7-5-4-6-12(16)2/h4-10H,1-3H3,(H,20,24). The third-order valence-corrected chi connectivity index (χ3v) is 4.31. The lowest BCUT2D eigenvalue weighted by atomic mass is 10.2. The molecule has 0 unspecified atom stereocenters. The van der Waals surface area contributed by atoms with Crippen molar-refractivity contribution in [3.05, 3.63) is 70.0 Å². The van der Waals surface area contributed by atoms with E-state index in [0.29, 0.717) is 10.7 Å². The minimum atomic E-state index is -0.286. The number of aryl methyl sites for hydroxylation is 2. The van der Waals surface area contributed by atoms with Crippen LogP contribution in [0.1, 0.15) is 27.3 Å². The maximum atomic E-state index is 12.5. The molecule has 0 saturated heterocycles. The van der Waals surface area contributed by atoms with Crippen LogP contribution in [-0.2, 0) is 0 Å². The lowest BCUT2D eigenvalue weighted by Crippen LogP contribution is -2.15. The zero-order chi connectivity index (χ0) is 17.3. The molecule has 3 rings (SSSR count). The topological polar surface area (TPSA) is 59.8 Å². The van der Waals surface area contributed by atoms with Crippen LogP contribution in [0.15, 0.2) is 42.5 Å². The summed E-state index contributed by atoms with van der Waals surface area (Å²) in [5, 5.41) is 11.6. The molecule has 2 aromatic carbocycles. The van der Waals surface area contributed by atoms with E-state index in [1.54, 1.807) is 11.6 Å². The van der Waals surface area contributed by atoms with Crippen LogP contribution in [-0.4, -0.2) is 20.9 Å². The maximum Gasteiger partial charge on any atom is 0.278 e. The second-order valence-corrected chi connectivity index (χ2v) is 6.04. The van der Waals surface area contributed by atoms with Gasteiger partial charge in [-0.3, -0.25) is 4.79 Å². The Kier molecular flexibility index (Phi) is 4.36. The summed E-state index contributed by atoms with van der Waals surface area (Å²) in [5.74, 6) is -0.286. The van der Waals surface area contributed by atoms with Gasteiger partial charge < -0.3 is 5.32 Å². The SMILES string of the molecule is Cc1ccc(-n2nnc(C(=O)Nc3ccccc3C)c2C)cc1Cl. The van der Waals surface area contributed by atoms with Gasteiger partial charge in [0.1, 0.15) is 0 Å². The Morgan fingerprint density at radius 1 is 1.08 bits per heavy atom. The number of carbonyl (C=O) groups is 1. The summed E-state index contributed by atoms with van der Waals surface area (Å²) in [5.41, 5.74) is 4.44. The average molecular weight is 341 g/mol. The van der Waals surface area contributed by atoms with Crippen LogP contribution < -0.4 is 5.32 Å². The van der Waals surface area contributed by atoms with Gasteiger partial charge in [-0.15, -0.1) is 5.10 Å². The number of hydrogen-bond donors (Lipinski definition) is 1. The predicted molar refractivity (Wildman–Crippen MR) is 95.0 cm³/mol. The van der Waals surface area contributed by atoms with Gasteiger partial charge in [0, 0.05) is 10.7 Å². The van der Waals surface area contributed by atoms with Crippen LogP contribution in [0.5, 0.6) is 0 Å². The molecule has 0 atom stereocenters. The van der Waals surface area contributed by atoms with Crippen molar-refractivity contribution in [3.63, 3.8) is 0 Å². The van der Waals surface area contributed by atoms with Gasteiger partial charge in [0.25, 0.3) is 5.91 Å². The fourth-order valence-corrected chi connectivity index (χ4v) is 2.57. The molecule has 0 aliphatic heterocycles. The first-order valence-corrected chi connectivity index (χ1v) is 7.91. The quantitative estimate of drug-likeness (QED) is 0.781. The van der Waals surface area contributed by atoms with Crippen molar-refractivity contribution < 1.29 is 4.79 Å². The number of aromatic nitrogens is 3. The highest BCUT2D eigenvalue weighted by atomic mass is 35.5. The molecule has 0 aliphatic carbocycles. The zero-order valence-electron chi connectivity index (χ0n) is 13.7. The molecule has 1 heterocycles. The number of rotatable bonds is 3. The van der Waals surface area contributed by atoms with Crippen molar-refractivity contribution >= 4 is 23.2 Å². The molecule has 0 spiro atoms. The van der Waals surface area contributed by atoms with Crippen molar-refractivity contribution in [2.24, 2.45) is 0 Å². The minimum Gasteiger partial charge on any atom is -0.320 e. The normalized spacial score (nSPS) is 10.7. The number of carbonyl (C=O) groups excluding carboxylic acids is 1. The van der Waals surface area contributed by atoms with Crippen LogP contribution >= 0.6 is 11.6 Å². The molecule has 3 aromatic rings. The van der Waals surface area contributed by atoms with Crippen LogP contribution in [0.3, 0.4) is 0 Å². The molecule has 0 saturated carbocycles. The monoisotopic (exact) mass is 340 g/mol. The molecule has 5 nitrogen and oxygen atoms in total. The Morgan fingerprint density at radius 3 is 2.54 bits per heavy atom. The molecular formula is C18H17ClN4O. The summed E-state index contributed by atoms with van der Waals surface area (Å²) in [7, 11) is 0. The Morgan fingerprint density at radius 2 is 1.83 bits per heavy atom. The van der Waals surface area contributed by atoms with E-state index in [-0.39, 0.29) is 11.6 Å². The fraction of sp³-hybridized carbons (Fsp3) is 0.167. The Labute approximate surface area is 145 Å². The number of amides is 1. The van der Waals surface area contributed by atoms with Crippen molar-refractivity contribution in [1.82, 2.24) is 15.0 Å². The average Bonchev–Trinajstić information content (AvgIpc) is 2.94. The Balaban J connectivity index is 1.91. The number of nitrogens with zero attached hydrogens (tertiary/aromatic N) is 3. The number of halogens is 1. The number of hydrogen-bond acceptors (Lipinski definition) is 3. The van der Waals surface area contributed by atoms with E-state index in [1.165, 1.54) is 0 Å². The molecule has 6 heteroatoms. The largest absolute Gasteiger partial charge is 0.320 e. The van der Waals surface area contributed by atoms with Crippen LogP contribution in [0, 0.1) is 20.8 Å². The highest BCUT2D eigenvalue weighted by Gasteiger charge is 2.18. The smallest absolute Gasteiger partial charge is 0.278 e. The molecule has 24 heavy (non-hydrogen) atoms. The number of benzene rings is 2. The molecule has 1 N–H and O–H groups in total. The van der Waals surface area contributed by atoms with Crippen molar-refractivity contribution in [3.8, 4) is 5.69 Å². The van der Waals surface area contributed by atoms with Crippen LogP contribution in [0.25, 0.3) is 5.69 Å². The first kappa shape index (κ1) is 16.2. The molecule has 0 bridgehead atoms. The molecule has 1 amide bonds. The Hall–Kier alpha value is -2.66. The number of nitrogens with one attached hydrogen (secondary N) is 1. The van der Waals surface area contributed by atoms with Gasteiger partial charge >= 0.3 is 0 Å². The summed E-state index contributed by atoms with van der Waals surface area (Å²) in [4.78, 5) is 12.5. The van der Waals surface area contributed by atoms with Gasteiger partial charge in [0.15, 0.2) is 5.69 Å². The lowest BCUT2D eigenvalue weighted by Gasteiger charge is -2.08. The minimum absolute atomic E-state index is 0.286. The van der Waals surface area contributed by atoms with E-state index in [9.17, 15) is 4.79 Å². The first-order valence-electron chi connectivity index (χ1n) is 7.53. The summed E-state index contributed by atoms with van der Waals surface area (Å²) < 4.78 is 1.61. The number of anilines is 1. The van der Waals surface area contributed by atoms with Gasteiger partial charge in [-0.05, 0) is 50.1 Å². The second-order valence-electron chi connectivity index (χ2n) is 5.64. The first-order chi connectivity index (χ1) is 11.5. The summed E-state index contributed by atoms with van der Waals surface area (Å²) in [6, 6.07) is 13.2. The summed E-state index contributed by atoms with van der Waals surface area (Å²) >= 11 is 6.17. The lowest BCUT2D eigenvalue weighted by molar-refractivity contribution is 0.102. The number of para-hydroxylation sites is 1. The van der Waals surface area contributed by atoms with E-state index in [0.717, 1.165) is 22.5 Å². The molecule has 0 radical (unpaired) electrons. The highest BCUT2D eigenvalue weighted by Crippen LogP contribution is 2.21.